The third-order valence-electron chi connectivity index (χ3n) is 2.82. The van der Waals surface area contributed by atoms with Gasteiger partial charge >= 0.3 is 5.97 Å². The highest BCUT2D eigenvalue weighted by Gasteiger charge is 2.35. The normalized spacial score (nSPS) is 14.2. The average Bonchev–Trinajstić information content (AvgIpc) is 3.12. The molecular formula is C11H10ClFN2O4. The molecule has 102 valence electrons. The number of carboxylic acids is 1. The summed E-state index contributed by atoms with van der Waals surface area (Å²) in [5, 5.41) is 19.5. The van der Waals surface area contributed by atoms with Gasteiger partial charge in [0.05, 0.1) is 9.95 Å². The summed E-state index contributed by atoms with van der Waals surface area (Å²) in [6.07, 6.45) is 1.46. The Morgan fingerprint density at radius 1 is 1.58 bits per heavy atom. The SMILES string of the molecule is O=C(O)CN(c1cc(F)c(Cl)cc1[N+](=O)[O-])C1CC1. The molecule has 8 heteroatoms. The highest BCUT2D eigenvalue weighted by molar-refractivity contribution is 6.31. The summed E-state index contributed by atoms with van der Waals surface area (Å²) in [6, 6.07) is 1.72. The van der Waals surface area contributed by atoms with Crippen molar-refractivity contribution in [2.75, 3.05) is 11.4 Å². The number of nitrogens with zero attached hydrogens (tertiary/aromatic N) is 2. The van der Waals surface area contributed by atoms with E-state index in [1.54, 1.807) is 0 Å². The first kappa shape index (κ1) is 13.5. The summed E-state index contributed by atoms with van der Waals surface area (Å²) in [7, 11) is 0. The minimum Gasteiger partial charge on any atom is -0.480 e. The van der Waals surface area contributed by atoms with Crippen LogP contribution in [-0.2, 0) is 4.79 Å². The van der Waals surface area contributed by atoms with Crippen LogP contribution >= 0.6 is 11.6 Å². The Morgan fingerprint density at radius 3 is 2.68 bits per heavy atom. The Bertz CT molecular complexity index is 548. The minimum atomic E-state index is -1.13. The van der Waals surface area contributed by atoms with Crippen LogP contribution in [0.5, 0.6) is 0 Å². The molecule has 0 amide bonds. The fourth-order valence-electron chi connectivity index (χ4n) is 1.85. The van der Waals surface area contributed by atoms with Crippen LogP contribution in [0.2, 0.25) is 5.02 Å². The Labute approximate surface area is 112 Å². The largest absolute Gasteiger partial charge is 0.480 e. The first-order chi connectivity index (χ1) is 8.90. The van der Waals surface area contributed by atoms with Gasteiger partial charge in [0.15, 0.2) is 0 Å². The zero-order valence-corrected chi connectivity index (χ0v) is 10.4. The van der Waals surface area contributed by atoms with E-state index < -0.39 is 23.3 Å². The fourth-order valence-corrected chi connectivity index (χ4v) is 2.00. The van der Waals surface area contributed by atoms with Crippen LogP contribution in [-0.4, -0.2) is 28.6 Å². The Balaban J connectivity index is 2.48. The van der Waals surface area contributed by atoms with Gasteiger partial charge in [-0.15, -0.1) is 0 Å². The predicted molar refractivity (Wildman–Crippen MR) is 66.1 cm³/mol. The minimum absolute atomic E-state index is 0.0446. The number of anilines is 1. The van der Waals surface area contributed by atoms with Gasteiger partial charge in [-0.1, -0.05) is 11.6 Å². The summed E-state index contributed by atoms with van der Waals surface area (Å²) in [6.45, 7) is -0.410. The van der Waals surface area contributed by atoms with Crippen LogP contribution in [0.3, 0.4) is 0 Å². The molecule has 1 saturated carbocycles. The van der Waals surface area contributed by atoms with Gasteiger partial charge in [-0.05, 0) is 12.8 Å². The van der Waals surface area contributed by atoms with Crippen LogP contribution in [0.1, 0.15) is 12.8 Å². The molecule has 0 aliphatic heterocycles. The smallest absolute Gasteiger partial charge is 0.323 e. The molecule has 0 saturated heterocycles. The fraction of sp³-hybridized carbons (Fsp3) is 0.364. The lowest BCUT2D eigenvalue weighted by Crippen LogP contribution is -2.32. The number of nitro benzene ring substituents is 1. The second-order valence-corrected chi connectivity index (χ2v) is 4.67. The molecule has 0 bridgehead atoms. The molecule has 19 heavy (non-hydrogen) atoms. The second-order valence-electron chi connectivity index (χ2n) is 4.26. The van der Waals surface area contributed by atoms with Crippen LogP contribution in [0.25, 0.3) is 0 Å². The summed E-state index contributed by atoms with van der Waals surface area (Å²) in [5.74, 6) is -1.94. The lowest BCUT2D eigenvalue weighted by molar-refractivity contribution is -0.384. The molecule has 1 fully saturated rings. The number of hydrogen-bond acceptors (Lipinski definition) is 4. The maximum atomic E-state index is 13.5. The van der Waals surface area contributed by atoms with Crippen molar-refractivity contribution in [1.82, 2.24) is 0 Å². The van der Waals surface area contributed by atoms with Gasteiger partial charge in [0.25, 0.3) is 5.69 Å². The average molecular weight is 289 g/mol. The third kappa shape index (κ3) is 2.93. The van der Waals surface area contributed by atoms with Crippen LogP contribution in [0, 0.1) is 15.9 Å². The highest BCUT2D eigenvalue weighted by atomic mass is 35.5. The van der Waals surface area contributed by atoms with E-state index in [1.807, 2.05) is 0 Å². The molecule has 0 spiro atoms. The summed E-state index contributed by atoms with van der Waals surface area (Å²) < 4.78 is 13.5. The first-order valence-corrected chi connectivity index (χ1v) is 5.90. The summed E-state index contributed by atoms with van der Waals surface area (Å²) in [5.41, 5.74) is -0.434. The maximum Gasteiger partial charge on any atom is 0.323 e. The second kappa shape index (κ2) is 5.00. The van der Waals surface area contributed by atoms with E-state index in [9.17, 15) is 19.3 Å². The van der Waals surface area contributed by atoms with Gasteiger partial charge in [0.1, 0.15) is 18.0 Å². The monoisotopic (exact) mass is 288 g/mol. The molecule has 1 N–H and O–H groups in total. The molecule has 1 aromatic carbocycles. The Hall–Kier alpha value is -1.89. The summed E-state index contributed by atoms with van der Waals surface area (Å²) >= 11 is 5.52. The van der Waals surface area contributed by atoms with Crippen molar-refractivity contribution < 1.29 is 19.2 Å². The molecule has 0 aromatic heterocycles. The van der Waals surface area contributed by atoms with E-state index in [0.717, 1.165) is 25.0 Å². The van der Waals surface area contributed by atoms with Crippen LogP contribution in [0.4, 0.5) is 15.8 Å². The quantitative estimate of drug-likeness (QED) is 0.664. The lowest BCUT2D eigenvalue weighted by Gasteiger charge is -2.22. The molecule has 0 unspecified atom stereocenters. The lowest BCUT2D eigenvalue weighted by atomic mass is 10.2. The molecule has 1 aromatic rings. The van der Waals surface area contributed by atoms with E-state index in [2.05, 4.69) is 0 Å². The number of benzene rings is 1. The Morgan fingerprint density at radius 2 is 2.21 bits per heavy atom. The molecule has 6 nitrogen and oxygen atoms in total. The molecule has 1 aliphatic carbocycles. The van der Waals surface area contributed by atoms with Gasteiger partial charge < -0.3 is 10.0 Å². The maximum absolute atomic E-state index is 13.5. The van der Waals surface area contributed by atoms with Gasteiger partial charge in [0.2, 0.25) is 0 Å². The van der Waals surface area contributed by atoms with Crippen molar-refractivity contribution in [3.8, 4) is 0 Å². The van der Waals surface area contributed by atoms with Crippen LogP contribution in [0.15, 0.2) is 12.1 Å². The van der Waals surface area contributed by atoms with E-state index in [4.69, 9.17) is 16.7 Å². The standard InChI is InChI=1S/C11H10ClFN2O4/c12-7-3-10(15(18)19)9(4-8(7)13)14(5-11(16)17)6-1-2-6/h3-4,6H,1-2,5H2,(H,16,17). The number of halogens is 2. The van der Waals surface area contributed by atoms with Gasteiger partial charge in [0, 0.05) is 18.2 Å². The number of carbonyl (C=O) groups is 1. The van der Waals surface area contributed by atoms with Crippen LogP contribution < -0.4 is 4.90 Å². The topological polar surface area (TPSA) is 83.7 Å². The van der Waals surface area contributed by atoms with Gasteiger partial charge in [-0.3, -0.25) is 14.9 Å². The number of hydrogen-bond donors (Lipinski definition) is 1. The van der Waals surface area contributed by atoms with Gasteiger partial charge in [-0.2, -0.15) is 0 Å². The third-order valence-corrected chi connectivity index (χ3v) is 3.11. The number of carboxylic acid groups (broad SMARTS) is 1. The van der Waals surface area contributed by atoms with E-state index >= 15 is 0 Å². The summed E-state index contributed by atoms with van der Waals surface area (Å²) in [4.78, 5) is 22.4. The van der Waals surface area contributed by atoms with Crippen molar-refractivity contribution in [2.24, 2.45) is 0 Å². The van der Waals surface area contributed by atoms with Crippen molar-refractivity contribution in [3.63, 3.8) is 0 Å². The molecule has 0 heterocycles. The van der Waals surface area contributed by atoms with E-state index in [-0.39, 0.29) is 22.4 Å². The zero-order valence-electron chi connectivity index (χ0n) is 9.68. The first-order valence-electron chi connectivity index (χ1n) is 5.52. The number of nitro groups is 1. The van der Waals surface area contributed by atoms with Gasteiger partial charge in [-0.25, -0.2) is 4.39 Å². The van der Waals surface area contributed by atoms with Crippen molar-refractivity contribution in [3.05, 3.63) is 33.1 Å². The molecule has 0 radical (unpaired) electrons. The van der Waals surface area contributed by atoms with E-state index in [1.165, 1.54) is 4.90 Å². The molecule has 1 aliphatic rings. The van der Waals surface area contributed by atoms with Crippen molar-refractivity contribution in [2.45, 2.75) is 18.9 Å². The van der Waals surface area contributed by atoms with Crippen molar-refractivity contribution in [1.29, 1.82) is 0 Å². The predicted octanol–water partition coefficient (Wildman–Crippen LogP) is 2.44. The molecule has 2 rings (SSSR count). The zero-order chi connectivity index (χ0) is 14.2. The highest BCUT2D eigenvalue weighted by Crippen LogP contribution is 2.39. The molecule has 0 atom stereocenters. The number of aliphatic carboxylic acids is 1. The van der Waals surface area contributed by atoms with Crippen molar-refractivity contribution >= 4 is 28.9 Å². The molecular weight excluding hydrogens is 279 g/mol. The Kier molecular flexibility index (Phi) is 3.57. The van der Waals surface area contributed by atoms with E-state index in [0.29, 0.717) is 0 Å². The number of rotatable bonds is 5.